The second kappa shape index (κ2) is 3.84. The number of aromatic amines is 1. The summed E-state index contributed by atoms with van der Waals surface area (Å²) in [6.07, 6.45) is 2.10. The molecule has 0 aliphatic heterocycles. The number of hydrogen-bond acceptors (Lipinski definition) is 4. The van der Waals surface area contributed by atoms with Crippen molar-refractivity contribution in [3.8, 4) is 0 Å². The lowest BCUT2D eigenvalue weighted by molar-refractivity contribution is 0.0513. The highest BCUT2D eigenvalue weighted by molar-refractivity contribution is 5.98. The van der Waals surface area contributed by atoms with Crippen molar-refractivity contribution in [2.24, 2.45) is 0 Å². The molecule has 1 heterocycles. The maximum absolute atomic E-state index is 11.4. The fourth-order valence-electron chi connectivity index (χ4n) is 1.66. The Morgan fingerprint density at radius 2 is 2.33 bits per heavy atom. The van der Waals surface area contributed by atoms with E-state index in [2.05, 4.69) is 9.97 Å². The number of hydrogen-bond donors (Lipinski definition) is 1. The van der Waals surface area contributed by atoms with E-state index in [9.17, 15) is 9.59 Å². The van der Waals surface area contributed by atoms with Crippen molar-refractivity contribution in [1.82, 2.24) is 9.97 Å². The molecule has 1 aromatic rings. The minimum absolute atomic E-state index is 0.00282. The Bertz CT molecular complexity index is 409. The number of aromatic nitrogens is 2. The first-order chi connectivity index (χ1) is 7.22. The lowest BCUT2D eigenvalue weighted by Gasteiger charge is -2.06. The fourth-order valence-corrected chi connectivity index (χ4v) is 1.66. The second-order valence-electron chi connectivity index (χ2n) is 3.41. The van der Waals surface area contributed by atoms with Gasteiger partial charge in [0, 0.05) is 12.1 Å². The van der Waals surface area contributed by atoms with Gasteiger partial charge in [-0.2, -0.15) is 0 Å². The quantitative estimate of drug-likeness (QED) is 0.739. The van der Waals surface area contributed by atoms with Crippen molar-refractivity contribution in [3.63, 3.8) is 0 Å². The molecule has 0 atom stereocenters. The summed E-state index contributed by atoms with van der Waals surface area (Å²) in [5.41, 5.74) is 1.17. The molecule has 0 radical (unpaired) electrons. The number of nitrogens with zero attached hydrogens (tertiary/aromatic N) is 1. The van der Waals surface area contributed by atoms with E-state index in [1.807, 2.05) is 0 Å². The van der Waals surface area contributed by atoms with Crippen LogP contribution in [0.25, 0.3) is 0 Å². The van der Waals surface area contributed by atoms with E-state index in [4.69, 9.17) is 4.74 Å². The third-order valence-corrected chi connectivity index (χ3v) is 2.34. The minimum Gasteiger partial charge on any atom is -0.460 e. The number of esters is 1. The van der Waals surface area contributed by atoms with Crippen LogP contribution in [0.15, 0.2) is 0 Å². The van der Waals surface area contributed by atoms with Gasteiger partial charge in [0.05, 0.1) is 6.61 Å². The number of rotatable bonds is 2. The molecular weight excluding hydrogens is 196 g/mol. The number of fused-ring (bicyclic) bond motifs is 1. The Morgan fingerprint density at radius 3 is 3.00 bits per heavy atom. The molecule has 80 valence electrons. The SMILES string of the molecule is CCOC(=O)c1nc2c([nH]1)CCCC2=O. The summed E-state index contributed by atoms with van der Waals surface area (Å²) in [7, 11) is 0. The number of ether oxygens (including phenoxy) is 1. The summed E-state index contributed by atoms with van der Waals surface area (Å²) in [6.45, 7) is 2.03. The van der Waals surface area contributed by atoms with Crippen LogP contribution in [0.2, 0.25) is 0 Å². The average Bonchev–Trinajstić information content (AvgIpc) is 2.63. The smallest absolute Gasteiger partial charge is 0.374 e. The number of H-pyrrole nitrogens is 1. The third-order valence-electron chi connectivity index (χ3n) is 2.34. The van der Waals surface area contributed by atoms with E-state index >= 15 is 0 Å². The number of carbonyl (C=O) groups is 2. The van der Waals surface area contributed by atoms with Gasteiger partial charge in [-0.15, -0.1) is 0 Å². The molecule has 5 heteroatoms. The normalized spacial score (nSPS) is 14.9. The van der Waals surface area contributed by atoms with Crippen LogP contribution in [0.4, 0.5) is 0 Å². The van der Waals surface area contributed by atoms with Gasteiger partial charge >= 0.3 is 5.97 Å². The van der Waals surface area contributed by atoms with E-state index in [0.717, 1.165) is 18.5 Å². The van der Waals surface area contributed by atoms with Crippen molar-refractivity contribution in [2.75, 3.05) is 6.61 Å². The summed E-state index contributed by atoms with van der Waals surface area (Å²) in [5, 5.41) is 0. The molecule has 0 fully saturated rings. The van der Waals surface area contributed by atoms with Gasteiger partial charge in [0.1, 0.15) is 5.69 Å². The summed E-state index contributed by atoms with van der Waals surface area (Å²) in [6, 6.07) is 0. The third kappa shape index (κ3) is 1.77. The highest BCUT2D eigenvalue weighted by Gasteiger charge is 2.24. The number of carbonyl (C=O) groups excluding carboxylic acids is 2. The van der Waals surface area contributed by atoms with Crippen molar-refractivity contribution in [2.45, 2.75) is 26.2 Å². The number of ketones is 1. The predicted octanol–water partition coefficient (Wildman–Crippen LogP) is 1.11. The summed E-state index contributed by atoms with van der Waals surface area (Å²) >= 11 is 0. The first-order valence-electron chi connectivity index (χ1n) is 5.01. The van der Waals surface area contributed by atoms with Crippen LogP contribution in [0, 0.1) is 0 Å². The Morgan fingerprint density at radius 1 is 1.53 bits per heavy atom. The molecule has 1 aliphatic rings. The van der Waals surface area contributed by atoms with Crippen LogP contribution in [0.5, 0.6) is 0 Å². The van der Waals surface area contributed by atoms with Crippen molar-refractivity contribution >= 4 is 11.8 Å². The molecule has 0 saturated carbocycles. The number of Topliss-reactive ketones (excluding diaryl/α,β-unsaturated/α-hetero) is 1. The van der Waals surface area contributed by atoms with Gasteiger partial charge in [0.15, 0.2) is 5.78 Å². The Kier molecular flexibility index (Phi) is 2.53. The molecule has 1 N–H and O–H groups in total. The molecule has 0 saturated heterocycles. The van der Waals surface area contributed by atoms with Gasteiger partial charge in [-0.3, -0.25) is 4.79 Å². The van der Waals surface area contributed by atoms with Crippen molar-refractivity contribution < 1.29 is 14.3 Å². The van der Waals surface area contributed by atoms with Gasteiger partial charge in [0.2, 0.25) is 5.82 Å². The Hall–Kier alpha value is -1.65. The molecule has 0 spiro atoms. The van der Waals surface area contributed by atoms with Crippen LogP contribution < -0.4 is 0 Å². The molecule has 1 aromatic heterocycles. The summed E-state index contributed by atoms with van der Waals surface area (Å²) in [5.74, 6) is -0.361. The first kappa shape index (κ1) is 9.89. The second-order valence-corrected chi connectivity index (χ2v) is 3.41. The maximum atomic E-state index is 11.4. The zero-order valence-corrected chi connectivity index (χ0v) is 8.50. The highest BCUT2D eigenvalue weighted by atomic mass is 16.5. The van der Waals surface area contributed by atoms with E-state index < -0.39 is 5.97 Å². The minimum atomic E-state index is -0.500. The lowest BCUT2D eigenvalue weighted by Crippen LogP contribution is -2.10. The zero-order chi connectivity index (χ0) is 10.8. The van der Waals surface area contributed by atoms with E-state index in [1.165, 1.54) is 0 Å². The van der Waals surface area contributed by atoms with Gasteiger partial charge in [-0.1, -0.05) is 0 Å². The number of nitrogens with one attached hydrogen (secondary N) is 1. The van der Waals surface area contributed by atoms with Crippen LogP contribution >= 0.6 is 0 Å². The molecule has 0 amide bonds. The zero-order valence-electron chi connectivity index (χ0n) is 8.50. The van der Waals surface area contributed by atoms with Crippen LogP contribution in [-0.2, 0) is 11.2 Å². The maximum Gasteiger partial charge on any atom is 0.374 e. The van der Waals surface area contributed by atoms with Gasteiger partial charge < -0.3 is 9.72 Å². The number of imidazole rings is 1. The predicted molar refractivity (Wildman–Crippen MR) is 51.8 cm³/mol. The van der Waals surface area contributed by atoms with Gasteiger partial charge in [-0.05, 0) is 19.8 Å². The number of aryl methyl sites for hydroxylation is 1. The Labute approximate surface area is 86.8 Å². The summed E-state index contributed by atoms with van der Waals surface area (Å²) < 4.78 is 4.80. The van der Waals surface area contributed by atoms with E-state index in [-0.39, 0.29) is 11.6 Å². The first-order valence-corrected chi connectivity index (χ1v) is 5.01. The van der Waals surface area contributed by atoms with E-state index in [0.29, 0.717) is 18.7 Å². The largest absolute Gasteiger partial charge is 0.460 e. The van der Waals surface area contributed by atoms with Crippen molar-refractivity contribution in [1.29, 1.82) is 0 Å². The molecule has 5 nitrogen and oxygen atoms in total. The fraction of sp³-hybridized carbons (Fsp3) is 0.500. The highest BCUT2D eigenvalue weighted by Crippen LogP contribution is 2.18. The summed E-state index contributed by atoms with van der Waals surface area (Å²) in [4.78, 5) is 29.6. The molecular formula is C10H12N2O3. The molecule has 15 heavy (non-hydrogen) atoms. The molecule has 0 aromatic carbocycles. The lowest BCUT2D eigenvalue weighted by atomic mass is 10.0. The van der Waals surface area contributed by atoms with Gasteiger partial charge in [0.25, 0.3) is 0 Å². The average molecular weight is 208 g/mol. The van der Waals surface area contributed by atoms with Crippen molar-refractivity contribution in [3.05, 3.63) is 17.2 Å². The monoisotopic (exact) mass is 208 g/mol. The molecule has 2 rings (SSSR count). The van der Waals surface area contributed by atoms with Crippen LogP contribution in [0.1, 0.15) is 46.6 Å². The van der Waals surface area contributed by atoms with E-state index in [1.54, 1.807) is 6.92 Å². The van der Waals surface area contributed by atoms with Crippen LogP contribution in [-0.4, -0.2) is 28.3 Å². The van der Waals surface area contributed by atoms with Gasteiger partial charge in [-0.25, -0.2) is 9.78 Å². The molecule has 0 bridgehead atoms. The van der Waals surface area contributed by atoms with Crippen LogP contribution in [0.3, 0.4) is 0 Å². The standard InChI is InChI=1S/C10H12N2O3/c1-2-15-10(14)9-11-6-4-3-5-7(13)8(6)12-9/h2-5H2,1H3,(H,11,12). The topological polar surface area (TPSA) is 72.0 Å². The Balaban J connectivity index is 2.29. The molecule has 0 unspecified atom stereocenters. The molecule has 1 aliphatic carbocycles.